The first-order valence-electron chi connectivity index (χ1n) is 6.06. The molecule has 0 heterocycles. The third kappa shape index (κ3) is 4.33. The van der Waals surface area contributed by atoms with Crippen LogP contribution >= 0.6 is 0 Å². The highest BCUT2D eigenvalue weighted by Crippen LogP contribution is 2.19. The minimum atomic E-state index is -0.374. The average Bonchev–Trinajstić information content (AvgIpc) is 2.27. The molecular formula is C13H21N3O2. The number of anilines is 1. The number of non-ortho nitro benzene ring substituents is 1. The number of benzene rings is 1. The van der Waals surface area contributed by atoms with Crippen LogP contribution in [0.25, 0.3) is 0 Å². The third-order valence-electron chi connectivity index (χ3n) is 2.78. The molecule has 1 aromatic carbocycles. The highest BCUT2D eigenvalue weighted by Gasteiger charge is 2.15. The van der Waals surface area contributed by atoms with Crippen molar-refractivity contribution in [2.24, 2.45) is 5.92 Å². The van der Waals surface area contributed by atoms with Crippen LogP contribution in [0.2, 0.25) is 0 Å². The Morgan fingerprint density at radius 1 is 1.39 bits per heavy atom. The Hall–Kier alpha value is -1.62. The maximum absolute atomic E-state index is 10.7. The molecule has 1 rings (SSSR count). The van der Waals surface area contributed by atoms with E-state index in [-0.39, 0.29) is 16.7 Å². The minimum absolute atomic E-state index is 0.118. The van der Waals surface area contributed by atoms with Crippen LogP contribution < -0.4 is 5.32 Å². The van der Waals surface area contributed by atoms with E-state index in [1.807, 2.05) is 20.2 Å². The van der Waals surface area contributed by atoms with Gasteiger partial charge in [-0.2, -0.15) is 0 Å². The van der Waals surface area contributed by atoms with Crippen molar-refractivity contribution in [3.8, 4) is 0 Å². The lowest BCUT2D eigenvalue weighted by Gasteiger charge is -2.26. The molecule has 0 amide bonds. The van der Waals surface area contributed by atoms with Crippen LogP contribution in [0.4, 0.5) is 11.4 Å². The molecular weight excluding hydrogens is 230 g/mol. The average molecular weight is 251 g/mol. The van der Waals surface area contributed by atoms with Gasteiger partial charge in [0.15, 0.2) is 0 Å². The normalized spacial score (nSPS) is 12.8. The lowest BCUT2D eigenvalue weighted by Crippen LogP contribution is -2.36. The molecule has 0 saturated carbocycles. The van der Waals surface area contributed by atoms with Gasteiger partial charge in [-0.3, -0.25) is 10.1 Å². The van der Waals surface area contributed by atoms with E-state index in [1.165, 1.54) is 6.07 Å². The highest BCUT2D eigenvalue weighted by molar-refractivity contribution is 5.51. The molecule has 5 heteroatoms. The first kappa shape index (κ1) is 14.4. The first-order chi connectivity index (χ1) is 8.40. The zero-order chi connectivity index (χ0) is 13.7. The Labute approximate surface area is 108 Å². The molecule has 0 aliphatic carbocycles. The van der Waals surface area contributed by atoms with Crippen molar-refractivity contribution in [2.45, 2.75) is 19.9 Å². The van der Waals surface area contributed by atoms with Crippen molar-refractivity contribution < 1.29 is 4.92 Å². The van der Waals surface area contributed by atoms with Crippen molar-refractivity contribution in [3.63, 3.8) is 0 Å². The predicted molar refractivity (Wildman–Crippen MR) is 73.9 cm³/mol. The lowest BCUT2D eigenvalue weighted by molar-refractivity contribution is -0.384. The summed E-state index contributed by atoms with van der Waals surface area (Å²) in [7, 11) is 4.04. The van der Waals surface area contributed by atoms with E-state index in [2.05, 4.69) is 24.1 Å². The fourth-order valence-electron chi connectivity index (χ4n) is 1.74. The number of nitrogens with zero attached hydrogens (tertiary/aromatic N) is 2. The Kier molecular flexibility index (Phi) is 5.09. The summed E-state index contributed by atoms with van der Waals surface area (Å²) in [6.45, 7) is 5.16. The van der Waals surface area contributed by atoms with E-state index in [1.54, 1.807) is 12.1 Å². The maximum atomic E-state index is 10.7. The first-order valence-corrected chi connectivity index (χ1v) is 6.06. The zero-order valence-electron chi connectivity index (χ0n) is 11.4. The van der Waals surface area contributed by atoms with Gasteiger partial charge in [-0.25, -0.2) is 0 Å². The van der Waals surface area contributed by atoms with E-state index >= 15 is 0 Å². The van der Waals surface area contributed by atoms with Crippen LogP contribution in [-0.4, -0.2) is 36.5 Å². The molecule has 0 bridgehead atoms. The van der Waals surface area contributed by atoms with E-state index in [0.29, 0.717) is 5.92 Å². The van der Waals surface area contributed by atoms with E-state index in [9.17, 15) is 10.1 Å². The summed E-state index contributed by atoms with van der Waals surface area (Å²) in [5.74, 6) is 0.451. The van der Waals surface area contributed by atoms with E-state index < -0.39 is 0 Å². The van der Waals surface area contributed by atoms with Crippen LogP contribution in [0.3, 0.4) is 0 Å². The summed E-state index contributed by atoms with van der Waals surface area (Å²) in [5, 5.41) is 14.1. The molecule has 18 heavy (non-hydrogen) atoms. The van der Waals surface area contributed by atoms with Gasteiger partial charge in [-0.15, -0.1) is 0 Å². The van der Waals surface area contributed by atoms with Gasteiger partial charge >= 0.3 is 0 Å². The Balaban J connectivity index is 2.80. The molecule has 0 saturated heterocycles. The Bertz CT molecular complexity index is 405. The number of hydrogen-bond acceptors (Lipinski definition) is 4. The molecule has 0 aliphatic rings. The highest BCUT2D eigenvalue weighted by atomic mass is 16.6. The molecule has 0 aliphatic heterocycles. The topological polar surface area (TPSA) is 58.4 Å². The minimum Gasteiger partial charge on any atom is -0.381 e. The van der Waals surface area contributed by atoms with Gasteiger partial charge in [0.25, 0.3) is 5.69 Å². The summed E-state index contributed by atoms with van der Waals surface area (Å²) >= 11 is 0. The van der Waals surface area contributed by atoms with Gasteiger partial charge in [0, 0.05) is 30.4 Å². The molecule has 5 nitrogen and oxygen atoms in total. The van der Waals surface area contributed by atoms with E-state index in [0.717, 1.165) is 12.2 Å². The standard InChI is InChI=1S/C13H21N3O2/c1-10(2)13(9-15(3)4)14-11-6-5-7-12(8-11)16(17)18/h5-8,10,13-14H,9H2,1-4H3. The summed E-state index contributed by atoms with van der Waals surface area (Å²) in [4.78, 5) is 12.5. The van der Waals surface area contributed by atoms with E-state index in [4.69, 9.17) is 0 Å². The molecule has 1 aromatic rings. The van der Waals surface area contributed by atoms with Crippen molar-refractivity contribution in [2.75, 3.05) is 26.0 Å². The quantitative estimate of drug-likeness (QED) is 0.623. The SMILES string of the molecule is CC(C)C(CN(C)C)Nc1cccc([N+](=O)[O-])c1. The van der Waals surface area contributed by atoms with Gasteiger partial charge in [0.1, 0.15) is 0 Å². The molecule has 100 valence electrons. The number of rotatable bonds is 6. The van der Waals surface area contributed by atoms with Gasteiger partial charge in [-0.1, -0.05) is 19.9 Å². The number of likely N-dealkylation sites (N-methyl/N-ethyl adjacent to an activating group) is 1. The van der Waals surface area contributed by atoms with Crippen molar-refractivity contribution in [1.29, 1.82) is 0 Å². The van der Waals surface area contributed by atoms with Crippen molar-refractivity contribution in [1.82, 2.24) is 4.90 Å². The number of nitrogens with one attached hydrogen (secondary N) is 1. The lowest BCUT2D eigenvalue weighted by atomic mass is 10.0. The Morgan fingerprint density at radius 2 is 2.06 bits per heavy atom. The molecule has 1 N–H and O–H groups in total. The van der Waals surface area contributed by atoms with Crippen LogP contribution in [0.1, 0.15) is 13.8 Å². The summed E-state index contributed by atoms with van der Waals surface area (Å²) in [6, 6.07) is 6.90. The van der Waals surface area contributed by atoms with Crippen LogP contribution in [-0.2, 0) is 0 Å². The van der Waals surface area contributed by atoms with Gasteiger partial charge in [0.05, 0.1) is 4.92 Å². The summed E-state index contributed by atoms with van der Waals surface area (Å²) < 4.78 is 0. The van der Waals surface area contributed by atoms with Gasteiger partial charge < -0.3 is 10.2 Å². The second-order valence-electron chi connectivity index (χ2n) is 5.06. The molecule has 0 spiro atoms. The molecule has 0 fully saturated rings. The van der Waals surface area contributed by atoms with Crippen LogP contribution in [0.5, 0.6) is 0 Å². The van der Waals surface area contributed by atoms with Crippen molar-refractivity contribution in [3.05, 3.63) is 34.4 Å². The second kappa shape index (κ2) is 6.35. The zero-order valence-corrected chi connectivity index (χ0v) is 11.4. The molecule has 0 radical (unpaired) electrons. The molecule has 0 aromatic heterocycles. The van der Waals surface area contributed by atoms with Gasteiger partial charge in [0.2, 0.25) is 0 Å². The monoisotopic (exact) mass is 251 g/mol. The third-order valence-corrected chi connectivity index (χ3v) is 2.78. The van der Waals surface area contributed by atoms with Crippen molar-refractivity contribution >= 4 is 11.4 Å². The second-order valence-corrected chi connectivity index (χ2v) is 5.06. The molecule has 1 unspecified atom stereocenters. The van der Waals surface area contributed by atoms with Crippen LogP contribution in [0.15, 0.2) is 24.3 Å². The van der Waals surface area contributed by atoms with Gasteiger partial charge in [-0.05, 0) is 26.1 Å². The Morgan fingerprint density at radius 3 is 2.56 bits per heavy atom. The predicted octanol–water partition coefficient (Wildman–Crippen LogP) is 2.59. The summed E-state index contributed by atoms with van der Waals surface area (Å²) in [6.07, 6.45) is 0. The molecule has 1 atom stereocenters. The fourth-order valence-corrected chi connectivity index (χ4v) is 1.74. The maximum Gasteiger partial charge on any atom is 0.271 e. The number of hydrogen-bond donors (Lipinski definition) is 1. The smallest absolute Gasteiger partial charge is 0.271 e. The number of nitro groups is 1. The number of nitro benzene ring substituents is 1. The largest absolute Gasteiger partial charge is 0.381 e. The van der Waals surface area contributed by atoms with Crippen LogP contribution in [0, 0.1) is 16.0 Å². The summed E-state index contributed by atoms with van der Waals surface area (Å²) in [5.41, 5.74) is 0.914. The fraction of sp³-hybridized carbons (Fsp3) is 0.538.